The van der Waals surface area contributed by atoms with E-state index in [0.717, 1.165) is 37.3 Å². The van der Waals surface area contributed by atoms with E-state index in [2.05, 4.69) is 57.7 Å². The molecule has 138 valence electrons. The molecular weight excluding hydrogens is 338 g/mol. The molecule has 1 aliphatic rings. The summed E-state index contributed by atoms with van der Waals surface area (Å²) in [5.74, 6) is 0.677. The third-order valence-electron chi connectivity index (χ3n) is 4.79. The molecule has 1 aromatic carbocycles. The van der Waals surface area contributed by atoms with Crippen LogP contribution in [0.25, 0.3) is 5.65 Å². The van der Waals surface area contributed by atoms with Gasteiger partial charge in [0.05, 0.1) is 11.9 Å². The number of imidazole rings is 1. The molecule has 0 unspecified atom stereocenters. The Kier molecular flexibility index (Phi) is 4.55. The van der Waals surface area contributed by atoms with Crippen LogP contribution in [0.1, 0.15) is 32.4 Å². The SMILES string of the molecule is CCN(CC)c1ccc(Nc2cc(NC3CC3)c3ncc(C#N)n3n2)cc1. The Labute approximate surface area is 158 Å². The van der Waals surface area contributed by atoms with E-state index >= 15 is 0 Å². The van der Waals surface area contributed by atoms with Gasteiger partial charge in [-0.3, -0.25) is 0 Å². The number of hydrogen-bond acceptors (Lipinski definition) is 6. The Balaban J connectivity index is 1.64. The van der Waals surface area contributed by atoms with E-state index < -0.39 is 0 Å². The van der Waals surface area contributed by atoms with Crippen LogP contribution in [-0.2, 0) is 0 Å². The number of nitrogens with zero attached hydrogens (tertiary/aromatic N) is 5. The van der Waals surface area contributed by atoms with Gasteiger partial charge in [0.25, 0.3) is 0 Å². The van der Waals surface area contributed by atoms with Crippen molar-refractivity contribution in [3.05, 3.63) is 42.2 Å². The van der Waals surface area contributed by atoms with Gasteiger partial charge in [-0.2, -0.15) is 9.78 Å². The summed E-state index contributed by atoms with van der Waals surface area (Å²) in [5.41, 5.74) is 4.15. The minimum absolute atomic E-state index is 0.421. The number of nitriles is 1. The van der Waals surface area contributed by atoms with E-state index in [1.165, 1.54) is 5.69 Å². The van der Waals surface area contributed by atoms with Gasteiger partial charge in [0.15, 0.2) is 17.2 Å². The van der Waals surface area contributed by atoms with Gasteiger partial charge < -0.3 is 15.5 Å². The van der Waals surface area contributed by atoms with E-state index in [9.17, 15) is 5.26 Å². The number of rotatable bonds is 7. The summed E-state index contributed by atoms with van der Waals surface area (Å²) in [4.78, 5) is 6.65. The molecule has 0 bridgehead atoms. The largest absolute Gasteiger partial charge is 0.379 e. The Morgan fingerprint density at radius 2 is 1.96 bits per heavy atom. The van der Waals surface area contributed by atoms with Crippen LogP contribution < -0.4 is 15.5 Å². The first-order valence-corrected chi connectivity index (χ1v) is 9.39. The molecule has 7 nitrogen and oxygen atoms in total. The number of aromatic nitrogens is 3. The van der Waals surface area contributed by atoms with Crippen molar-refractivity contribution >= 4 is 28.5 Å². The van der Waals surface area contributed by atoms with E-state index in [1.807, 2.05) is 18.2 Å². The zero-order chi connectivity index (χ0) is 18.8. The Bertz CT molecular complexity index is 976. The van der Waals surface area contributed by atoms with Crippen molar-refractivity contribution in [2.45, 2.75) is 32.7 Å². The lowest BCUT2D eigenvalue weighted by Crippen LogP contribution is -2.21. The first-order valence-electron chi connectivity index (χ1n) is 9.39. The Hall–Kier alpha value is -3.27. The molecule has 27 heavy (non-hydrogen) atoms. The van der Waals surface area contributed by atoms with Crippen molar-refractivity contribution < 1.29 is 0 Å². The second-order valence-corrected chi connectivity index (χ2v) is 6.70. The van der Waals surface area contributed by atoms with Gasteiger partial charge in [0.1, 0.15) is 6.07 Å². The highest BCUT2D eigenvalue weighted by molar-refractivity contribution is 5.73. The number of anilines is 4. The predicted octanol–water partition coefficient (Wildman–Crippen LogP) is 3.77. The van der Waals surface area contributed by atoms with Crippen LogP contribution in [0.2, 0.25) is 0 Å². The minimum atomic E-state index is 0.421. The van der Waals surface area contributed by atoms with Crippen LogP contribution >= 0.6 is 0 Å². The van der Waals surface area contributed by atoms with Gasteiger partial charge in [-0.15, -0.1) is 5.10 Å². The fourth-order valence-corrected chi connectivity index (χ4v) is 3.15. The molecule has 0 atom stereocenters. The Morgan fingerprint density at radius 1 is 1.22 bits per heavy atom. The summed E-state index contributed by atoms with van der Waals surface area (Å²) in [7, 11) is 0. The lowest BCUT2D eigenvalue weighted by Gasteiger charge is -2.21. The zero-order valence-electron chi connectivity index (χ0n) is 15.6. The number of hydrogen-bond donors (Lipinski definition) is 2. The highest BCUT2D eigenvalue weighted by Crippen LogP contribution is 2.29. The van der Waals surface area contributed by atoms with E-state index in [-0.39, 0.29) is 0 Å². The summed E-state index contributed by atoms with van der Waals surface area (Å²) >= 11 is 0. The van der Waals surface area contributed by atoms with Crippen LogP contribution in [0, 0.1) is 11.3 Å². The quantitative estimate of drug-likeness (QED) is 0.667. The van der Waals surface area contributed by atoms with Gasteiger partial charge in [-0.1, -0.05) is 0 Å². The lowest BCUT2D eigenvalue weighted by atomic mass is 10.2. The maximum atomic E-state index is 9.32. The number of fused-ring (bicyclic) bond motifs is 1. The monoisotopic (exact) mass is 361 g/mol. The lowest BCUT2D eigenvalue weighted by molar-refractivity contribution is 0.866. The summed E-state index contributed by atoms with van der Waals surface area (Å²) in [5, 5.41) is 20.7. The van der Waals surface area contributed by atoms with Crippen molar-refractivity contribution in [1.82, 2.24) is 14.6 Å². The molecule has 2 N–H and O–H groups in total. The van der Waals surface area contributed by atoms with Gasteiger partial charge in [-0.25, -0.2) is 4.98 Å². The predicted molar refractivity (Wildman–Crippen MR) is 108 cm³/mol. The van der Waals surface area contributed by atoms with E-state index in [4.69, 9.17) is 0 Å². The standard InChI is InChI=1S/C20H23N7/c1-3-26(4-2)16-9-7-15(8-10-16)24-19-11-18(23-14-5-6-14)20-22-13-17(12-21)27(20)25-19/h7-11,13-14,23H,3-6H2,1-2H3,(H,24,25). The summed E-state index contributed by atoms with van der Waals surface area (Å²) in [6.45, 7) is 6.27. The summed E-state index contributed by atoms with van der Waals surface area (Å²) < 4.78 is 1.59. The molecule has 2 aromatic heterocycles. The molecule has 1 saturated carbocycles. The van der Waals surface area contributed by atoms with Crippen molar-refractivity contribution in [2.75, 3.05) is 28.6 Å². The second-order valence-electron chi connectivity index (χ2n) is 6.70. The van der Waals surface area contributed by atoms with Crippen molar-refractivity contribution in [1.29, 1.82) is 5.26 Å². The molecule has 1 aliphatic carbocycles. The van der Waals surface area contributed by atoms with Crippen LogP contribution in [0.5, 0.6) is 0 Å². The normalized spacial score (nSPS) is 13.4. The smallest absolute Gasteiger partial charge is 0.178 e. The maximum absolute atomic E-state index is 9.32. The molecule has 0 aliphatic heterocycles. The molecule has 0 amide bonds. The first-order chi connectivity index (χ1) is 13.2. The van der Waals surface area contributed by atoms with Crippen LogP contribution in [0.4, 0.5) is 22.9 Å². The molecule has 0 saturated heterocycles. The number of benzene rings is 1. The molecular formula is C20H23N7. The van der Waals surface area contributed by atoms with Crippen molar-refractivity contribution in [3.8, 4) is 6.07 Å². The summed E-state index contributed by atoms with van der Waals surface area (Å²) in [6, 6.07) is 12.9. The first kappa shape index (κ1) is 17.2. The molecule has 2 heterocycles. The third-order valence-corrected chi connectivity index (χ3v) is 4.79. The minimum Gasteiger partial charge on any atom is -0.379 e. The molecule has 0 spiro atoms. The Morgan fingerprint density at radius 3 is 2.59 bits per heavy atom. The molecule has 1 fully saturated rings. The summed E-state index contributed by atoms with van der Waals surface area (Å²) in [6.07, 6.45) is 3.88. The van der Waals surface area contributed by atoms with Crippen molar-refractivity contribution in [3.63, 3.8) is 0 Å². The zero-order valence-corrected chi connectivity index (χ0v) is 15.6. The fourth-order valence-electron chi connectivity index (χ4n) is 3.15. The molecule has 0 radical (unpaired) electrons. The molecule has 3 aromatic rings. The van der Waals surface area contributed by atoms with Gasteiger partial charge >= 0.3 is 0 Å². The third kappa shape index (κ3) is 3.51. The molecule has 4 rings (SSSR count). The topological polar surface area (TPSA) is 81.3 Å². The van der Waals surface area contributed by atoms with Gasteiger partial charge in [0, 0.05) is 36.6 Å². The van der Waals surface area contributed by atoms with Crippen LogP contribution in [-0.4, -0.2) is 33.7 Å². The second kappa shape index (κ2) is 7.16. The fraction of sp³-hybridized carbons (Fsp3) is 0.350. The van der Waals surface area contributed by atoms with Crippen LogP contribution in [0.15, 0.2) is 36.5 Å². The number of nitrogens with one attached hydrogen (secondary N) is 2. The van der Waals surface area contributed by atoms with Crippen molar-refractivity contribution in [2.24, 2.45) is 0 Å². The average Bonchev–Trinajstić information content (AvgIpc) is 3.40. The maximum Gasteiger partial charge on any atom is 0.178 e. The highest BCUT2D eigenvalue weighted by atomic mass is 15.3. The van der Waals surface area contributed by atoms with E-state index in [0.29, 0.717) is 23.2 Å². The van der Waals surface area contributed by atoms with E-state index in [1.54, 1.807) is 10.7 Å². The van der Waals surface area contributed by atoms with Gasteiger partial charge in [0.2, 0.25) is 0 Å². The highest BCUT2D eigenvalue weighted by Gasteiger charge is 2.23. The average molecular weight is 361 g/mol. The van der Waals surface area contributed by atoms with Crippen LogP contribution in [0.3, 0.4) is 0 Å². The molecule has 7 heteroatoms. The van der Waals surface area contributed by atoms with Gasteiger partial charge in [-0.05, 0) is 51.0 Å².